The molecule has 0 bridgehead atoms. The van der Waals surface area contributed by atoms with Crippen molar-refractivity contribution in [1.82, 2.24) is 19.9 Å². The first-order valence-electron chi connectivity index (χ1n) is 8.51. The minimum absolute atomic E-state index is 0.461. The number of fused-ring (bicyclic) bond motifs is 1. The van der Waals surface area contributed by atoms with Gasteiger partial charge in [0.15, 0.2) is 17.0 Å². The van der Waals surface area contributed by atoms with Crippen LogP contribution < -0.4 is 19.7 Å². The maximum absolute atomic E-state index is 5.44. The predicted octanol–water partition coefficient (Wildman–Crippen LogP) is 2.78. The van der Waals surface area contributed by atoms with E-state index in [1.54, 1.807) is 26.6 Å². The lowest BCUT2D eigenvalue weighted by atomic mass is 10.2. The van der Waals surface area contributed by atoms with Gasteiger partial charge in [-0.2, -0.15) is 9.97 Å². The smallest absolute Gasteiger partial charge is 0.231 e. The van der Waals surface area contributed by atoms with Crippen molar-refractivity contribution >= 4 is 28.6 Å². The van der Waals surface area contributed by atoms with Gasteiger partial charge in [0.25, 0.3) is 0 Å². The molecule has 2 aromatic heterocycles. The number of aromatic nitrogens is 4. The molecule has 0 unspecified atom stereocenters. The molecule has 3 aromatic rings. The summed E-state index contributed by atoms with van der Waals surface area (Å²) in [6.07, 6.45) is 5.62. The SMILES string of the molecule is COc1ccc(Nc2nc(N3CCCC3)c3nccnc3n2)c(OC)c1. The maximum atomic E-state index is 5.44. The van der Waals surface area contributed by atoms with Crippen LogP contribution in [0.4, 0.5) is 17.5 Å². The van der Waals surface area contributed by atoms with Crippen LogP contribution >= 0.6 is 0 Å². The summed E-state index contributed by atoms with van der Waals surface area (Å²) in [4.78, 5) is 20.2. The highest BCUT2D eigenvalue weighted by Gasteiger charge is 2.20. The summed E-state index contributed by atoms with van der Waals surface area (Å²) in [5.74, 6) is 2.64. The number of hydrogen-bond donors (Lipinski definition) is 1. The van der Waals surface area contributed by atoms with E-state index in [0.29, 0.717) is 17.3 Å². The summed E-state index contributed by atoms with van der Waals surface area (Å²) in [6.45, 7) is 1.93. The lowest BCUT2D eigenvalue weighted by Gasteiger charge is -2.18. The number of benzene rings is 1. The Bertz CT molecular complexity index is 927. The Balaban J connectivity index is 1.75. The van der Waals surface area contributed by atoms with Crippen molar-refractivity contribution in [3.63, 3.8) is 0 Å². The van der Waals surface area contributed by atoms with E-state index in [-0.39, 0.29) is 0 Å². The number of rotatable bonds is 5. The lowest BCUT2D eigenvalue weighted by Crippen LogP contribution is -2.20. The third-order valence-electron chi connectivity index (χ3n) is 4.38. The van der Waals surface area contributed by atoms with E-state index >= 15 is 0 Å². The zero-order valence-electron chi connectivity index (χ0n) is 14.8. The molecule has 1 fully saturated rings. The number of hydrogen-bond acceptors (Lipinski definition) is 8. The topological polar surface area (TPSA) is 85.3 Å². The van der Waals surface area contributed by atoms with Crippen LogP contribution in [0.15, 0.2) is 30.6 Å². The van der Waals surface area contributed by atoms with Crippen molar-refractivity contribution in [3.05, 3.63) is 30.6 Å². The molecule has 8 heteroatoms. The highest BCUT2D eigenvalue weighted by molar-refractivity contribution is 5.84. The molecule has 8 nitrogen and oxygen atoms in total. The van der Waals surface area contributed by atoms with E-state index in [2.05, 4.69) is 25.2 Å². The summed E-state index contributed by atoms with van der Waals surface area (Å²) in [5, 5.41) is 3.23. The van der Waals surface area contributed by atoms with Gasteiger partial charge in [0.05, 0.1) is 19.9 Å². The molecule has 134 valence electrons. The van der Waals surface area contributed by atoms with E-state index in [1.807, 2.05) is 18.2 Å². The average Bonchev–Trinajstić information content (AvgIpc) is 3.22. The van der Waals surface area contributed by atoms with Gasteiger partial charge in [0.1, 0.15) is 11.5 Å². The van der Waals surface area contributed by atoms with Gasteiger partial charge in [-0.1, -0.05) is 0 Å². The lowest BCUT2D eigenvalue weighted by molar-refractivity contribution is 0.395. The zero-order valence-corrected chi connectivity index (χ0v) is 14.8. The Morgan fingerprint density at radius 3 is 2.58 bits per heavy atom. The second-order valence-electron chi connectivity index (χ2n) is 5.98. The van der Waals surface area contributed by atoms with Gasteiger partial charge in [-0.15, -0.1) is 0 Å². The monoisotopic (exact) mass is 352 g/mol. The van der Waals surface area contributed by atoms with Crippen molar-refractivity contribution in [3.8, 4) is 11.5 Å². The maximum Gasteiger partial charge on any atom is 0.231 e. The Labute approximate surface area is 151 Å². The fraction of sp³-hybridized carbons (Fsp3) is 0.333. The number of ether oxygens (including phenoxy) is 2. The van der Waals surface area contributed by atoms with Crippen molar-refractivity contribution in [2.75, 3.05) is 37.5 Å². The molecule has 26 heavy (non-hydrogen) atoms. The fourth-order valence-electron chi connectivity index (χ4n) is 3.08. The minimum Gasteiger partial charge on any atom is -0.497 e. The first-order valence-corrected chi connectivity index (χ1v) is 8.51. The van der Waals surface area contributed by atoms with Crippen LogP contribution in [0.1, 0.15) is 12.8 Å². The largest absolute Gasteiger partial charge is 0.497 e. The Morgan fingerprint density at radius 1 is 1.00 bits per heavy atom. The molecule has 0 amide bonds. The molecule has 1 N–H and O–H groups in total. The van der Waals surface area contributed by atoms with E-state index < -0.39 is 0 Å². The normalized spacial score (nSPS) is 13.8. The summed E-state index contributed by atoms with van der Waals surface area (Å²) < 4.78 is 10.7. The molecule has 0 spiro atoms. The molecule has 0 aliphatic carbocycles. The second-order valence-corrected chi connectivity index (χ2v) is 5.98. The van der Waals surface area contributed by atoms with Crippen molar-refractivity contribution in [1.29, 1.82) is 0 Å². The van der Waals surface area contributed by atoms with Gasteiger partial charge in [0.2, 0.25) is 5.95 Å². The second kappa shape index (κ2) is 6.99. The van der Waals surface area contributed by atoms with Crippen molar-refractivity contribution in [2.24, 2.45) is 0 Å². The number of anilines is 3. The Hall–Kier alpha value is -3.16. The third kappa shape index (κ3) is 3.05. The summed E-state index contributed by atoms with van der Waals surface area (Å²) in [5.41, 5.74) is 2.05. The molecule has 1 saturated heterocycles. The minimum atomic E-state index is 0.461. The van der Waals surface area contributed by atoms with E-state index in [9.17, 15) is 0 Å². The van der Waals surface area contributed by atoms with E-state index in [0.717, 1.165) is 48.7 Å². The van der Waals surface area contributed by atoms with E-state index in [4.69, 9.17) is 14.5 Å². The first kappa shape index (κ1) is 16.3. The quantitative estimate of drug-likeness (QED) is 0.750. The van der Waals surface area contributed by atoms with Gasteiger partial charge in [-0.25, -0.2) is 9.97 Å². The standard InChI is InChI=1S/C18H20N6O2/c1-25-12-5-6-13(14(11-12)26-2)21-18-22-16-15(19-7-8-20-16)17(23-18)24-9-3-4-10-24/h5-8,11H,3-4,9-10H2,1-2H3,(H,20,21,22,23). The number of nitrogens with one attached hydrogen (secondary N) is 1. The summed E-state index contributed by atoms with van der Waals surface area (Å²) in [7, 11) is 3.23. The van der Waals surface area contributed by atoms with Crippen molar-refractivity contribution < 1.29 is 9.47 Å². The van der Waals surface area contributed by atoms with Gasteiger partial charge < -0.3 is 19.7 Å². The molecule has 0 radical (unpaired) electrons. The van der Waals surface area contributed by atoms with E-state index in [1.165, 1.54) is 0 Å². The molecule has 0 saturated carbocycles. The predicted molar refractivity (Wildman–Crippen MR) is 99.4 cm³/mol. The van der Waals surface area contributed by atoms with Gasteiger partial charge in [-0.05, 0) is 25.0 Å². The molecule has 1 aromatic carbocycles. The molecule has 3 heterocycles. The number of methoxy groups -OCH3 is 2. The molecule has 4 rings (SSSR count). The molecule has 1 aliphatic rings. The highest BCUT2D eigenvalue weighted by Crippen LogP contribution is 2.32. The third-order valence-corrected chi connectivity index (χ3v) is 4.38. The van der Waals surface area contributed by atoms with Crippen LogP contribution in [-0.2, 0) is 0 Å². The van der Waals surface area contributed by atoms with Crippen LogP contribution in [0.5, 0.6) is 11.5 Å². The van der Waals surface area contributed by atoms with Crippen LogP contribution in [0, 0.1) is 0 Å². The van der Waals surface area contributed by atoms with Gasteiger partial charge in [0, 0.05) is 31.5 Å². The van der Waals surface area contributed by atoms with Crippen LogP contribution in [0.2, 0.25) is 0 Å². The average molecular weight is 352 g/mol. The molecule has 0 atom stereocenters. The van der Waals surface area contributed by atoms with Crippen molar-refractivity contribution in [2.45, 2.75) is 12.8 Å². The number of nitrogens with zero attached hydrogens (tertiary/aromatic N) is 5. The van der Waals surface area contributed by atoms with Gasteiger partial charge in [-0.3, -0.25) is 0 Å². The molecule has 1 aliphatic heterocycles. The molecular weight excluding hydrogens is 332 g/mol. The Kier molecular flexibility index (Phi) is 4.39. The molecular formula is C18H20N6O2. The summed E-state index contributed by atoms with van der Waals surface area (Å²) in [6, 6.07) is 5.54. The van der Waals surface area contributed by atoms with Crippen LogP contribution in [0.25, 0.3) is 11.2 Å². The van der Waals surface area contributed by atoms with Gasteiger partial charge >= 0.3 is 0 Å². The van der Waals surface area contributed by atoms with Crippen LogP contribution in [0.3, 0.4) is 0 Å². The summed E-state index contributed by atoms with van der Waals surface area (Å²) >= 11 is 0. The van der Waals surface area contributed by atoms with Crippen LogP contribution in [-0.4, -0.2) is 47.2 Å². The fourth-order valence-corrected chi connectivity index (χ4v) is 3.08. The first-order chi connectivity index (χ1) is 12.8. The zero-order chi connectivity index (χ0) is 17.9. The highest BCUT2D eigenvalue weighted by atomic mass is 16.5. The Morgan fingerprint density at radius 2 is 1.81 bits per heavy atom.